The third-order valence-corrected chi connectivity index (χ3v) is 3.45. The van der Waals surface area contributed by atoms with Gasteiger partial charge in [-0.15, -0.1) is 0 Å². The van der Waals surface area contributed by atoms with Crippen LogP contribution in [0.2, 0.25) is 0 Å². The average Bonchev–Trinajstić information content (AvgIpc) is 2.77. The number of amides is 1. The smallest absolute Gasteiger partial charge is 0.257 e. The minimum Gasteiger partial charge on any atom is -0.507 e. The van der Waals surface area contributed by atoms with E-state index >= 15 is 0 Å². The number of carbonyl (C=O) groups is 1. The van der Waals surface area contributed by atoms with Gasteiger partial charge in [0.05, 0.1) is 5.56 Å². The average molecular weight is 248 g/mol. The van der Waals surface area contributed by atoms with Gasteiger partial charge < -0.3 is 15.3 Å². The lowest BCUT2D eigenvalue weighted by atomic mass is 10.1. The normalized spacial score (nSPS) is 19.2. The Hall–Kier alpha value is -1.55. The summed E-state index contributed by atoms with van der Waals surface area (Å²) in [6.07, 6.45) is 1.03. The van der Waals surface area contributed by atoms with Crippen molar-refractivity contribution < 1.29 is 9.90 Å². The van der Waals surface area contributed by atoms with Gasteiger partial charge in [0, 0.05) is 13.1 Å². The second-order valence-electron chi connectivity index (χ2n) is 4.98. The molecule has 0 saturated carbocycles. The predicted molar refractivity (Wildman–Crippen MR) is 70.8 cm³/mol. The summed E-state index contributed by atoms with van der Waals surface area (Å²) in [6.45, 7) is 4.38. The largest absolute Gasteiger partial charge is 0.507 e. The summed E-state index contributed by atoms with van der Waals surface area (Å²) in [5.41, 5.74) is 1.37. The summed E-state index contributed by atoms with van der Waals surface area (Å²) >= 11 is 0. The standard InChI is InChI=1S/C14H20N2O2/c1-10-3-4-12(13(17)7-10)14(18)16-6-5-11(9-16)8-15-2/h3-4,7,11,15,17H,5-6,8-9H2,1-2H3. The number of nitrogens with zero attached hydrogens (tertiary/aromatic N) is 1. The molecule has 1 aliphatic heterocycles. The van der Waals surface area contributed by atoms with Crippen molar-refractivity contribution in [2.24, 2.45) is 5.92 Å². The Balaban J connectivity index is 2.08. The molecule has 98 valence electrons. The molecule has 0 aromatic heterocycles. The molecule has 2 rings (SSSR count). The summed E-state index contributed by atoms with van der Waals surface area (Å²) in [7, 11) is 1.93. The molecule has 0 aliphatic carbocycles. The number of phenolic OH excluding ortho intramolecular Hbond substituents is 1. The lowest BCUT2D eigenvalue weighted by molar-refractivity contribution is 0.0784. The monoisotopic (exact) mass is 248 g/mol. The summed E-state index contributed by atoms with van der Waals surface area (Å²) in [5, 5.41) is 13.0. The Kier molecular flexibility index (Phi) is 3.87. The van der Waals surface area contributed by atoms with Gasteiger partial charge in [0.1, 0.15) is 5.75 Å². The Labute approximate surface area is 108 Å². The summed E-state index contributed by atoms with van der Waals surface area (Å²) in [5.74, 6) is 0.537. The maximum atomic E-state index is 12.3. The minimum absolute atomic E-state index is 0.0638. The SMILES string of the molecule is CNCC1CCN(C(=O)c2ccc(C)cc2O)C1. The summed E-state index contributed by atoms with van der Waals surface area (Å²) in [4.78, 5) is 14.1. The predicted octanol–water partition coefficient (Wildman–Crippen LogP) is 1.38. The Morgan fingerprint density at radius 1 is 1.56 bits per heavy atom. The van der Waals surface area contributed by atoms with Gasteiger partial charge in [0.2, 0.25) is 0 Å². The summed E-state index contributed by atoms with van der Waals surface area (Å²) in [6, 6.07) is 5.20. The van der Waals surface area contributed by atoms with E-state index in [1.54, 1.807) is 12.1 Å². The number of nitrogens with one attached hydrogen (secondary N) is 1. The summed E-state index contributed by atoms with van der Waals surface area (Å²) < 4.78 is 0. The van der Waals surface area contributed by atoms with Crippen molar-refractivity contribution in [3.05, 3.63) is 29.3 Å². The van der Waals surface area contributed by atoms with Crippen LogP contribution in [0.15, 0.2) is 18.2 Å². The molecule has 1 atom stereocenters. The number of aromatic hydroxyl groups is 1. The molecule has 1 saturated heterocycles. The first-order valence-electron chi connectivity index (χ1n) is 6.35. The molecule has 1 fully saturated rings. The highest BCUT2D eigenvalue weighted by molar-refractivity contribution is 5.97. The first-order chi connectivity index (χ1) is 8.61. The van der Waals surface area contributed by atoms with Crippen molar-refractivity contribution in [2.75, 3.05) is 26.7 Å². The van der Waals surface area contributed by atoms with E-state index in [0.717, 1.165) is 31.6 Å². The van der Waals surface area contributed by atoms with Crippen LogP contribution in [-0.2, 0) is 0 Å². The number of hydrogen-bond acceptors (Lipinski definition) is 3. The van der Waals surface area contributed by atoms with Crippen LogP contribution in [0, 0.1) is 12.8 Å². The molecule has 1 heterocycles. The van der Waals surface area contributed by atoms with Gasteiger partial charge in [0.25, 0.3) is 5.91 Å². The Morgan fingerprint density at radius 3 is 3.00 bits per heavy atom. The molecule has 1 unspecified atom stereocenters. The van der Waals surface area contributed by atoms with E-state index in [4.69, 9.17) is 0 Å². The van der Waals surface area contributed by atoms with Gasteiger partial charge in [0.15, 0.2) is 0 Å². The second-order valence-corrected chi connectivity index (χ2v) is 4.98. The van der Waals surface area contributed by atoms with Crippen LogP contribution in [-0.4, -0.2) is 42.6 Å². The van der Waals surface area contributed by atoms with Crippen molar-refractivity contribution in [3.63, 3.8) is 0 Å². The van der Waals surface area contributed by atoms with Crippen molar-refractivity contribution in [2.45, 2.75) is 13.3 Å². The van der Waals surface area contributed by atoms with Crippen molar-refractivity contribution in [1.29, 1.82) is 0 Å². The third-order valence-electron chi connectivity index (χ3n) is 3.45. The second kappa shape index (κ2) is 5.40. The van der Waals surface area contributed by atoms with Gasteiger partial charge in [-0.05, 0) is 50.6 Å². The van der Waals surface area contributed by atoms with Gasteiger partial charge in [-0.3, -0.25) is 4.79 Å². The number of likely N-dealkylation sites (tertiary alicyclic amines) is 1. The molecule has 1 aromatic rings. The maximum Gasteiger partial charge on any atom is 0.257 e. The highest BCUT2D eigenvalue weighted by Crippen LogP contribution is 2.23. The molecule has 2 N–H and O–H groups in total. The van der Waals surface area contributed by atoms with Crippen LogP contribution in [0.25, 0.3) is 0 Å². The van der Waals surface area contributed by atoms with Crippen LogP contribution in [0.5, 0.6) is 5.75 Å². The fraction of sp³-hybridized carbons (Fsp3) is 0.500. The van der Waals surface area contributed by atoms with E-state index < -0.39 is 0 Å². The van der Waals surface area contributed by atoms with Crippen molar-refractivity contribution >= 4 is 5.91 Å². The highest BCUT2D eigenvalue weighted by atomic mass is 16.3. The topological polar surface area (TPSA) is 52.6 Å². The molecule has 18 heavy (non-hydrogen) atoms. The quantitative estimate of drug-likeness (QED) is 0.849. The molecule has 0 bridgehead atoms. The van der Waals surface area contributed by atoms with Gasteiger partial charge in [-0.25, -0.2) is 0 Å². The van der Waals surface area contributed by atoms with E-state index in [2.05, 4.69) is 5.32 Å². The molecule has 1 amide bonds. The zero-order valence-electron chi connectivity index (χ0n) is 10.9. The lowest BCUT2D eigenvalue weighted by Gasteiger charge is -2.17. The molecule has 4 heteroatoms. The van der Waals surface area contributed by atoms with Crippen LogP contribution >= 0.6 is 0 Å². The van der Waals surface area contributed by atoms with Crippen molar-refractivity contribution in [3.8, 4) is 5.75 Å². The number of rotatable bonds is 3. The zero-order chi connectivity index (χ0) is 13.1. The van der Waals surface area contributed by atoms with E-state index in [-0.39, 0.29) is 11.7 Å². The van der Waals surface area contributed by atoms with E-state index in [1.165, 1.54) is 0 Å². The first kappa shape index (κ1) is 12.9. The number of benzene rings is 1. The van der Waals surface area contributed by atoms with E-state index in [1.807, 2.05) is 24.9 Å². The van der Waals surface area contributed by atoms with Crippen LogP contribution < -0.4 is 5.32 Å². The van der Waals surface area contributed by atoms with E-state index in [0.29, 0.717) is 11.5 Å². The molecular weight excluding hydrogens is 228 g/mol. The zero-order valence-corrected chi connectivity index (χ0v) is 10.9. The van der Waals surface area contributed by atoms with Crippen LogP contribution in [0.4, 0.5) is 0 Å². The number of phenols is 1. The highest BCUT2D eigenvalue weighted by Gasteiger charge is 2.27. The lowest BCUT2D eigenvalue weighted by Crippen LogP contribution is -2.30. The molecule has 4 nitrogen and oxygen atoms in total. The first-order valence-corrected chi connectivity index (χ1v) is 6.35. The molecular formula is C14H20N2O2. The molecule has 0 radical (unpaired) electrons. The minimum atomic E-state index is -0.0638. The van der Waals surface area contributed by atoms with Crippen LogP contribution in [0.3, 0.4) is 0 Å². The fourth-order valence-corrected chi connectivity index (χ4v) is 2.47. The van der Waals surface area contributed by atoms with E-state index in [9.17, 15) is 9.90 Å². The Bertz CT molecular complexity index is 445. The third kappa shape index (κ3) is 2.64. The van der Waals surface area contributed by atoms with Crippen molar-refractivity contribution in [1.82, 2.24) is 10.2 Å². The van der Waals surface area contributed by atoms with Gasteiger partial charge >= 0.3 is 0 Å². The number of aryl methyl sites for hydroxylation is 1. The Morgan fingerprint density at radius 2 is 2.33 bits per heavy atom. The number of carbonyl (C=O) groups excluding carboxylic acids is 1. The molecule has 0 spiro atoms. The molecule has 1 aliphatic rings. The van der Waals surface area contributed by atoms with Crippen LogP contribution in [0.1, 0.15) is 22.3 Å². The fourth-order valence-electron chi connectivity index (χ4n) is 2.47. The molecule has 1 aromatic carbocycles. The maximum absolute atomic E-state index is 12.3. The van der Waals surface area contributed by atoms with Gasteiger partial charge in [-0.1, -0.05) is 6.07 Å². The van der Waals surface area contributed by atoms with Gasteiger partial charge in [-0.2, -0.15) is 0 Å². The number of hydrogen-bond donors (Lipinski definition) is 2.